The van der Waals surface area contributed by atoms with Gasteiger partial charge in [-0.05, 0) is 30.3 Å². The molecule has 1 saturated heterocycles. The van der Waals surface area contributed by atoms with E-state index in [4.69, 9.17) is 0 Å². The number of rotatable bonds is 5. The maximum atomic E-state index is 12.8. The Labute approximate surface area is 172 Å². The molecule has 4 rings (SSSR count). The van der Waals surface area contributed by atoms with Crippen LogP contribution in [0.15, 0.2) is 64.1 Å². The van der Waals surface area contributed by atoms with Gasteiger partial charge in [0.2, 0.25) is 10.0 Å². The Morgan fingerprint density at radius 2 is 1.68 bits per heavy atom. The van der Waals surface area contributed by atoms with Crippen molar-refractivity contribution in [1.29, 1.82) is 0 Å². The number of sulfonamides is 1. The van der Waals surface area contributed by atoms with Crippen LogP contribution in [-0.4, -0.2) is 61.1 Å². The summed E-state index contributed by atoms with van der Waals surface area (Å²) in [6, 6.07) is 14.4. The minimum Gasteiger partial charge on any atom is -0.360 e. The number of aromatic nitrogens is 1. The number of benzene rings is 2. The Bertz CT molecular complexity index is 1100. The number of carbonyl (C=O) groups excluding carboxylic acids is 1. The van der Waals surface area contributed by atoms with Crippen molar-refractivity contribution in [2.75, 3.05) is 32.7 Å². The van der Waals surface area contributed by atoms with Crippen molar-refractivity contribution in [2.45, 2.75) is 4.90 Å². The first-order chi connectivity index (χ1) is 13.4. The molecule has 1 aromatic heterocycles. The van der Waals surface area contributed by atoms with Gasteiger partial charge in [0.15, 0.2) is 5.78 Å². The number of para-hydroxylation sites is 1. The number of aromatic amines is 1. The number of piperazine rings is 1. The number of ketones is 1. The first kappa shape index (κ1) is 19.3. The molecule has 0 unspecified atom stereocenters. The predicted octanol–water partition coefficient (Wildman–Crippen LogP) is 3.12. The van der Waals surface area contributed by atoms with Gasteiger partial charge in [-0.25, -0.2) is 8.42 Å². The zero-order chi connectivity index (χ0) is 19.7. The van der Waals surface area contributed by atoms with Crippen LogP contribution in [0, 0.1) is 0 Å². The SMILES string of the molecule is O=C(CN1CCN(S(=O)(=O)c2ccc(Br)cc2)CC1)c1c[nH]c2ccccc12. The fourth-order valence-corrected chi connectivity index (χ4v) is 5.16. The molecule has 6 nitrogen and oxygen atoms in total. The molecule has 2 heterocycles. The summed E-state index contributed by atoms with van der Waals surface area (Å²) < 4.78 is 27.9. The number of halogens is 1. The van der Waals surface area contributed by atoms with Gasteiger partial charge in [0.05, 0.1) is 11.4 Å². The first-order valence-corrected chi connectivity index (χ1v) is 11.3. The number of Topliss-reactive ketones (excluding diaryl/α,β-unsaturated/α-hetero) is 1. The molecule has 8 heteroatoms. The van der Waals surface area contributed by atoms with Gasteiger partial charge in [0.1, 0.15) is 0 Å². The van der Waals surface area contributed by atoms with Crippen LogP contribution in [0.25, 0.3) is 10.9 Å². The van der Waals surface area contributed by atoms with Crippen molar-refractivity contribution in [3.05, 3.63) is 64.8 Å². The summed E-state index contributed by atoms with van der Waals surface area (Å²) in [5, 5.41) is 0.920. The minimum atomic E-state index is -3.51. The molecule has 0 radical (unpaired) electrons. The van der Waals surface area contributed by atoms with E-state index in [0.717, 1.165) is 15.4 Å². The van der Waals surface area contributed by atoms with Crippen LogP contribution in [0.1, 0.15) is 10.4 Å². The lowest BCUT2D eigenvalue weighted by molar-refractivity contribution is 0.0903. The molecular weight excluding hydrogens is 442 g/mol. The van der Waals surface area contributed by atoms with Gasteiger partial charge in [-0.1, -0.05) is 34.1 Å². The highest BCUT2D eigenvalue weighted by molar-refractivity contribution is 9.10. The van der Waals surface area contributed by atoms with Gasteiger partial charge in [0.25, 0.3) is 0 Å². The molecule has 1 fully saturated rings. The van der Waals surface area contributed by atoms with Crippen LogP contribution in [0.4, 0.5) is 0 Å². The number of hydrogen-bond donors (Lipinski definition) is 1. The van der Waals surface area contributed by atoms with Gasteiger partial charge in [-0.15, -0.1) is 0 Å². The summed E-state index contributed by atoms with van der Waals surface area (Å²) >= 11 is 3.32. The van der Waals surface area contributed by atoms with Crippen molar-refractivity contribution >= 4 is 42.6 Å². The summed E-state index contributed by atoms with van der Waals surface area (Å²) in [7, 11) is -3.51. The average Bonchev–Trinajstić information content (AvgIpc) is 3.13. The van der Waals surface area contributed by atoms with Crippen molar-refractivity contribution in [3.8, 4) is 0 Å². The Morgan fingerprint density at radius 3 is 2.39 bits per heavy atom. The van der Waals surface area contributed by atoms with Gasteiger partial charge in [-0.3, -0.25) is 9.69 Å². The van der Waals surface area contributed by atoms with Crippen molar-refractivity contribution < 1.29 is 13.2 Å². The van der Waals surface area contributed by atoms with Crippen molar-refractivity contribution in [3.63, 3.8) is 0 Å². The van der Waals surface area contributed by atoms with E-state index in [1.165, 1.54) is 4.31 Å². The lowest BCUT2D eigenvalue weighted by atomic mass is 10.1. The predicted molar refractivity (Wildman–Crippen MR) is 112 cm³/mol. The van der Waals surface area contributed by atoms with Crippen LogP contribution in [-0.2, 0) is 10.0 Å². The third kappa shape index (κ3) is 3.77. The second kappa shape index (κ2) is 7.79. The zero-order valence-electron chi connectivity index (χ0n) is 15.1. The standard InChI is InChI=1S/C20H20BrN3O3S/c21-15-5-7-16(8-6-15)28(26,27)24-11-9-23(10-12-24)14-20(25)18-13-22-19-4-2-1-3-17(18)19/h1-8,13,22H,9-12,14H2. The maximum Gasteiger partial charge on any atom is 0.243 e. The molecule has 0 atom stereocenters. The van der Waals surface area contributed by atoms with Crippen LogP contribution < -0.4 is 0 Å². The van der Waals surface area contributed by atoms with Crippen LogP contribution >= 0.6 is 15.9 Å². The maximum absolute atomic E-state index is 12.8. The molecule has 0 saturated carbocycles. The van der Waals surface area contributed by atoms with Crippen LogP contribution in [0.5, 0.6) is 0 Å². The quantitative estimate of drug-likeness (QED) is 0.592. The fraction of sp³-hybridized carbons (Fsp3) is 0.250. The van der Waals surface area contributed by atoms with E-state index in [9.17, 15) is 13.2 Å². The smallest absolute Gasteiger partial charge is 0.243 e. The third-order valence-corrected chi connectivity index (χ3v) is 7.48. The zero-order valence-corrected chi connectivity index (χ0v) is 17.5. The summed E-state index contributed by atoms with van der Waals surface area (Å²) in [5.74, 6) is 0.0432. The van der Waals surface area contributed by atoms with E-state index >= 15 is 0 Å². The molecule has 1 N–H and O–H groups in total. The Kier molecular flexibility index (Phi) is 5.37. The molecule has 3 aromatic rings. The van der Waals surface area contributed by atoms with Gasteiger partial charge < -0.3 is 4.98 Å². The van der Waals surface area contributed by atoms with Crippen LogP contribution in [0.2, 0.25) is 0 Å². The second-order valence-corrected chi connectivity index (χ2v) is 9.66. The van der Waals surface area contributed by atoms with Gasteiger partial charge in [0, 0.05) is 53.3 Å². The number of nitrogens with one attached hydrogen (secondary N) is 1. The van der Waals surface area contributed by atoms with E-state index in [0.29, 0.717) is 36.6 Å². The third-order valence-electron chi connectivity index (χ3n) is 5.04. The van der Waals surface area contributed by atoms with E-state index in [1.54, 1.807) is 30.5 Å². The van der Waals surface area contributed by atoms with E-state index < -0.39 is 10.0 Å². The average molecular weight is 462 g/mol. The normalized spacial score (nSPS) is 16.5. The minimum absolute atomic E-state index is 0.0432. The number of carbonyl (C=O) groups is 1. The summed E-state index contributed by atoms with van der Waals surface area (Å²) in [4.78, 5) is 18.1. The molecule has 0 spiro atoms. The highest BCUT2D eigenvalue weighted by Gasteiger charge is 2.29. The van der Waals surface area contributed by atoms with Gasteiger partial charge in [-0.2, -0.15) is 4.31 Å². The Balaban J connectivity index is 1.40. The molecule has 0 aliphatic carbocycles. The number of hydrogen-bond acceptors (Lipinski definition) is 4. The molecule has 1 aliphatic rings. The van der Waals surface area contributed by atoms with Crippen LogP contribution in [0.3, 0.4) is 0 Å². The van der Waals surface area contributed by atoms with Crippen molar-refractivity contribution in [2.24, 2.45) is 0 Å². The molecular formula is C20H20BrN3O3S. The van der Waals surface area contributed by atoms with E-state index in [2.05, 4.69) is 20.9 Å². The lowest BCUT2D eigenvalue weighted by Gasteiger charge is -2.33. The molecule has 2 aromatic carbocycles. The molecule has 28 heavy (non-hydrogen) atoms. The molecule has 0 amide bonds. The first-order valence-electron chi connectivity index (χ1n) is 9.02. The summed E-state index contributed by atoms with van der Waals surface area (Å²) in [5.41, 5.74) is 1.62. The Morgan fingerprint density at radius 1 is 1.00 bits per heavy atom. The summed E-state index contributed by atoms with van der Waals surface area (Å²) in [6.45, 7) is 2.10. The summed E-state index contributed by atoms with van der Waals surface area (Å²) in [6.07, 6.45) is 1.75. The lowest BCUT2D eigenvalue weighted by Crippen LogP contribution is -2.49. The number of nitrogens with zero attached hydrogens (tertiary/aromatic N) is 2. The monoisotopic (exact) mass is 461 g/mol. The largest absolute Gasteiger partial charge is 0.360 e. The molecule has 146 valence electrons. The molecule has 0 bridgehead atoms. The highest BCUT2D eigenvalue weighted by Crippen LogP contribution is 2.21. The highest BCUT2D eigenvalue weighted by atomic mass is 79.9. The van der Waals surface area contributed by atoms with Crippen molar-refractivity contribution in [1.82, 2.24) is 14.2 Å². The van der Waals surface area contributed by atoms with E-state index in [-0.39, 0.29) is 12.3 Å². The number of fused-ring (bicyclic) bond motifs is 1. The fourth-order valence-electron chi connectivity index (χ4n) is 3.47. The van der Waals surface area contributed by atoms with Gasteiger partial charge >= 0.3 is 0 Å². The topological polar surface area (TPSA) is 73.5 Å². The molecule has 1 aliphatic heterocycles. The Hall–Kier alpha value is -2.00. The van der Waals surface area contributed by atoms with E-state index in [1.807, 2.05) is 29.2 Å². The number of H-pyrrole nitrogens is 1. The second-order valence-electron chi connectivity index (χ2n) is 6.81.